The molecule has 0 unspecified atom stereocenters. The molecule has 1 aliphatic heterocycles. The molecule has 0 aliphatic carbocycles. The molecule has 3 heterocycles. The van der Waals surface area contributed by atoms with Crippen molar-refractivity contribution >= 4 is 40.7 Å². The van der Waals surface area contributed by atoms with Gasteiger partial charge in [-0.3, -0.25) is 0 Å². The second-order valence-electron chi connectivity index (χ2n) is 6.95. The number of thioether (sulfide) groups is 1. The SMILES string of the molecule is Nc1nc(CSc2nc(-c3ccccc3)cs2)nc(N2CCCc3ccccc32)n1. The highest BCUT2D eigenvalue weighted by Gasteiger charge is 2.21. The number of nitrogens with zero attached hydrogens (tertiary/aromatic N) is 5. The molecule has 4 aromatic rings. The Balaban J connectivity index is 1.35. The van der Waals surface area contributed by atoms with Gasteiger partial charge in [0.2, 0.25) is 11.9 Å². The third-order valence-electron chi connectivity index (χ3n) is 4.92. The van der Waals surface area contributed by atoms with Gasteiger partial charge in [0.15, 0.2) is 4.34 Å². The largest absolute Gasteiger partial charge is 0.368 e. The monoisotopic (exact) mass is 432 g/mol. The first-order valence-corrected chi connectivity index (χ1v) is 11.6. The maximum atomic E-state index is 6.02. The van der Waals surface area contributed by atoms with Gasteiger partial charge in [-0.2, -0.15) is 15.0 Å². The molecule has 1 aliphatic rings. The Bertz CT molecular complexity index is 1160. The summed E-state index contributed by atoms with van der Waals surface area (Å²) in [6.45, 7) is 0.875. The Hall–Kier alpha value is -2.97. The van der Waals surface area contributed by atoms with E-state index in [1.807, 2.05) is 24.3 Å². The number of hydrogen-bond acceptors (Lipinski definition) is 8. The second kappa shape index (κ2) is 8.41. The van der Waals surface area contributed by atoms with Gasteiger partial charge in [0.25, 0.3) is 0 Å². The Morgan fingerprint density at radius 2 is 1.80 bits per heavy atom. The van der Waals surface area contributed by atoms with Crippen molar-refractivity contribution in [2.24, 2.45) is 0 Å². The van der Waals surface area contributed by atoms with Crippen LogP contribution in [0, 0.1) is 0 Å². The van der Waals surface area contributed by atoms with Crippen molar-refractivity contribution in [3.63, 3.8) is 0 Å². The molecule has 0 atom stereocenters. The maximum absolute atomic E-state index is 6.02. The lowest BCUT2D eigenvalue weighted by atomic mass is 10.0. The van der Waals surface area contributed by atoms with Crippen LogP contribution in [-0.4, -0.2) is 26.5 Å². The quantitative estimate of drug-likeness (QED) is 0.447. The van der Waals surface area contributed by atoms with Crippen LogP contribution in [0.3, 0.4) is 0 Å². The first-order chi connectivity index (χ1) is 14.8. The molecule has 150 valence electrons. The summed E-state index contributed by atoms with van der Waals surface area (Å²) < 4.78 is 0.984. The smallest absolute Gasteiger partial charge is 0.235 e. The van der Waals surface area contributed by atoms with Crippen molar-refractivity contribution in [1.29, 1.82) is 0 Å². The Morgan fingerprint density at radius 3 is 2.70 bits per heavy atom. The van der Waals surface area contributed by atoms with E-state index in [4.69, 9.17) is 15.7 Å². The number of thiazole rings is 1. The molecular formula is C22H20N6S2. The van der Waals surface area contributed by atoms with Crippen molar-refractivity contribution in [3.8, 4) is 11.3 Å². The molecule has 2 aromatic heterocycles. The van der Waals surface area contributed by atoms with E-state index in [-0.39, 0.29) is 5.95 Å². The van der Waals surface area contributed by atoms with Crippen molar-refractivity contribution in [2.45, 2.75) is 22.9 Å². The van der Waals surface area contributed by atoms with Crippen LogP contribution in [0.5, 0.6) is 0 Å². The third kappa shape index (κ3) is 4.01. The highest BCUT2D eigenvalue weighted by molar-refractivity contribution is 8.00. The number of hydrogen-bond donors (Lipinski definition) is 1. The average molecular weight is 433 g/mol. The van der Waals surface area contributed by atoms with Crippen LogP contribution in [0.1, 0.15) is 17.8 Å². The lowest BCUT2D eigenvalue weighted by Gasteiger charge is -2.29. The van der Waals surface area contributed by atoms with Gasteiger partial charge >= 0.3 is 0 Å². The topological polar surface area (TPSA) is 80.8 Å². The van der Waals surface area contributed by atoms with Crippen molar-refractivity contribution in [3.05, 3.63) is 71.4 Å². The molecule has 8 heteroatoms. The zero-order valence-electron chi connectivity index (χ0n) is 16.2. The molecular weight excluding hydrogens is 412 g/mol. The fourth-order valence-corrected chi connectivity index (χ4v) is 5.23. The fraction of sp³-hybridized carbons (Fsp3) is 0.182. The molecule has 0 fully saturated rings. The van der Waals surface area contributed by atoms with E-state index in [0.717, 1.165) is 40.7 Å². The molecule has 0 amide bonds. The van der Waals surface area contributed by atoms with Gasteiger partial charge in [-0.15, -0.1) is 11.3 Å². The first kappa shape index (κ1) is 19.0. The number of fused-ring (bicyclic) bond motifs is 1. The van der Waals surface area contributed by atoms with E-state index in [1.54, 1.807) is 23.1 Å². The van der Waals surface area contributed by atoms with Crippen LogP contribution in [-0.2, 0) is 12.2 Å². The summed E-state index contributed by atoms with van der Waals surface area (Å²) in [6, 6.07) is 18.6. The van der Waals surface area contributed by atoms with E-state index in [0.29, 0.717) is 17.5 Å². The zero-order valence-corrected chi connectivity index (χ0v) is 17.9. The first-order valence-electron chi connectivity index (χ1n) is 9.76. The minimum absolute atomic E-state index is 0.253. The van der Waals surface area contributed by atoms with E-state index in [9.17, 15) is 0 Å². The summed E-state index contributed by atoms with van der Waals surface area (Å²) in [5.74, 6) is 2.14. The summed E-state index contributed by atoms with van der Waals surface area (Å²) >= 11 is 3.25. The van der Waals surface area contributed by atoms with E-state index < -0.39 is 0 Å². The normalized spacial score (nSPS) is 13.3. The number of aryl methyl sites for hydroxylation is 1. The van der Waals surface area contributed by atoms with Gasteiger partial charge in [0.1, 0.15) is 5.82 Å². The van der Waals surface area contributed by atoms with Crippen molar-refractivity contribution < 1.29 is 0 Å². The van der Waals surface area contributed by atoms with Gasteiger partial charge in [-0.25, -0.2) is 4.98 Å². The number of para-hydroxylation sites is 1. The van der Waals surface area contributed by atoms with Crippen molar-refractivity contribution in [1.82, 2.24) is 19.9 Å². The highest BCUT2D eigenvalue weighted by atomic mass is 32.2. The van der Waals surface area contributed by atoms with Crippen LogP contribution in [0.25, 0.3) is 11.3 Å². The van der Waals surface area contributed by atoms with Crippen LogP contribution in [0.15, 0.2) is 64.3 Å². The zero-order chi connectivity index (χ0) is 20.3. The number of benzene rings is 2. The Labute approximate surface area is 183 Å². The van der Waals surface area contributed by atoms with Gasteiger partial charge in [0, 0.05) is 23.2 Å². The van der Waals surface area contributed by atoms with Gasteiger partial charge in [-0.1, -0.05) is 60.3 Å². The summed E-state index contributed by atoms with van der Waals surface area (Å²) in [5.41, 5.74) is 10.6. The van der Waals surface area contributed by atoms with Crippen LogP contribution in [0.2, 0.25) is 0 Å². The van der Waals surface area contributed by atoms with Gasteiger partial charge in [0.05, 0.1) is 11.4 Å². The molecule has 5 rings (SSSR count). The molecule has 0 saturated heterocycles. The van der Waals surface area contributed by atoms with Crippen LogP contribution >= 0.6 is 23.1 Å². The Morgan fingerprint density at radius 1 is 0.967 bits per heavy atom. The molecule has 2 N–H and O–H groups in total. The molecule has 2 aromatic carbocycles. The number of nitrogen functional groups attached to an aromatic ring is 1. The van der Waals surface area contributed by atoms with E-state index in [2.05, 4.69) is 50.6 Å². The Kier molecular flexibility index (Phi) is 5.33. The average Bonchev–Trinajstić information content (AvgIpc) is 3.27. The maximum Gasteiger partial charge on any atom is 0.235 e. The summed E-state index contributed by atoms with van der Waals surface area (Å²) in [6.07, 6.45) is 2.14. The van der Waals surface area contributed by atoms with Crippen LogP contribution in [0.4, 0.5) is 17.6 Å². The molecule has 0 bridgehead atoms. The number of nitrogens with two attached hydrogens (primary N) is 1. The molecule has 0 spiro atoms. The number of aromatic nitrogens is 4. The summed E-state index contributed by atoms with van der Waals surface area (Å²) in [4.78, 5) is 20.3. The second-order valence-corrected chi connectivity index (χ2v) is 9.03. The van der Waals surface area contributed by atoms with Gasteiger partial charge in [-0.05, 0) is 24.5 Å². The molecule has 0 radical (unpaired) electrons. The van der Waals surface area contributed by atoms with Crippen LogP contribution < -0.4 is 10.6 Å². The molecule has 30 heavy (non-hydrogen) atoms. The molecule has 6 nitrogen and oxygen atoms in total. The summed E-state index contributed by atoms with van der Waals surface area (Å²) in [7, 11) is 0. The number of anilines is 3. The molecule has 0 saturated carbocycles. The summed E-state index contributed by atoms with van der Waals surface area (Å²) in [5, 5.41) is 2.08. The van der Waals surface area contributed by atoms with E-state index >= 15 is 0 Å². The van der Waals surface area contributed by atoms with E-state index in [1.165, 1.54) is 5.56 Å². The lowest BCUT2D eigenvalue weighted by Crippen LogP contribution is -2.27. The predicted molar refractivity (Wildman–Crippen MR) is 123 cm³/mol. The lowest BCUT2D eigenvalue weighted by molar-refractivity contribution is 0.745. The minimum Gasteiger partial charge on any atom is -0.368 e. The highest BCUT2D eigenvalue weighted by Crippen LogP contribution is 2.33. The minimum atomic E-state index is 0.253. The van der Waals surface area contributed by atoms with Gasteiger partial charge < -0.3 is 10.6 Å². The third-order valence-corrected chi connectivity index (χ3v) is 6.93. The van der Waals surface area contributed by atoms with Crippen molar-refractivity contribution in [2.75, 3.05) is 17.2 Å². The fourth-order valence-electron chi connectivity index (χ4n) is 3.54. The number of rotatable bonds is 5. The predicted octanol–water partition coefficient (Wildman–Crippen LogP) is 4.95. The standard InChI is InChI=1S/C22H20N6S2/c23-20-25-19(14-30-22-24-17(13-29-22)15-7-2-1-3-8-15)26-21(27-20)28-12-6-10-16-9-4-5-11-18(16)28/h1-5,7-9,11,13H,6,10,12,14H2,(H2,23,25,26,27).